The molecule has 0 aliphatic carbocycles. The van der Waals surface area contributed by atoms with Crippen LogP contribution in [0.2, 0.25) is 0 Å². The molecule has 1 atom stereocenters. The molecule has 0 N–H and O–H groups in total. The van der Waals surface area contributed by atoms with Gasteiger partial charge in [0.2, 0.25) is 5.91 Å². The molecule has 0 saturated carbocycles. The van der Waals surface area contributed by atoms with Gasteiger partial charge in [-0.1, -0.05) is 22.0 Å². The number of amides is 1. The zero-order chi connectivity index (χ0) is 21.4. The number of benzene rings is 2. The zero-order valence-corrected chi connectivity index (χ0v) is 18.3. The third-order valence-corrected chi connectivity index (χ3v) is 5.79. The van der Waals surface area contributed by atoms with E-state index in [1.807, 2.05) is 24.3 Å². The minimum Gasteiger partial charge on any atom is -0.496 e. The van der Waals surface area contributed by atoms with E-state index in [-0.39, 0.29) is 18.9 Å². The van der Waals surface area contributed by atoms with Crippen LogP contribution in [0.25, 0.3) is 0 Å². The average molecular weight is 474 g/mol. The molecule has 0 unspecified atom stereocenters. The zero-order valence-electron chi connectivity index (χ0n) is 16.7. The number of esters is 1. The maximum Gasteiger partial charge on any atom is 0.336 e. The first-order valence-electron chi connectivity index (χ1n) is 9.27. The van der Waals surface area contributed by atoms with Gasteiger partial charge >= 0.3 is 5.97 Å². The van der Waals surface area contributed by atoms with Gasteiger partial charge in [0.15, 0.2) is 11.5 Å². The van der Waals surface area contributed by atoms with Crippen LogP contribution in [0.5, 0.6) is 17.2 Å². The predicted octanol–water partition coefficient (Wildman–Crippen LogP) is 3.81. The van der Waals surface area contributed by atoms with E-state index >= 15 is 0 Å². The molecule has 1 amide bonds. The average Bonchev–Trinajstić information content (AvgIpc) is 3.13. The first-order valence-corrected chi connectivity index (χ1v) is 10.1. The number of halogens is 1. The summed E-state index contributed by atoms with van der Waals surface area (Å²) in [5.41, 5.74) is 2.36. The Balaban J connectivity index is 1.87. The van der Waals surface area contributed by atoms with Crippen LogP contribution in [0.3, 0.4) is 0 Å². The van der Waals surface area contributed by atoms with Gasteiger partial charge in [0.25, 0.3) is 0 Å². The van der Waals surface area contributed by atoms with E-state index in [0.29, 0.717) is 39.8 Å². The third kappa shape index (κ3) is 3.31. The maximum absolute atomic E-state index is 13.2. The second-order valence-corrected chi connectivity index (χ2v) is 7.77. The standard InChI is InChI=1S/C22H20BrNO6/c1-27-17-10-19(29-3)18(28-2)8-14(17)15-9-20(25)24(13-6-4-5-12(23)7-13)16-11-30-22(26)21(15)16/h4-8,10,15H,9,11H2,1-3H3/t15-/m0/s1. The molecular weight excluding hydrogens is 454 g/mol. The number of carbonyl (C=O) groups is 2. The fourth-order valence-electron chi connectivity index (χ4n) is 3.96. The van der Waals surface area contributed by atoms with Crippen molar-refractivity contribution in [1.82, 2.24) is 0 Å². The monoisotopic (exact) mass is 473 g/mol. The molecule has 2 heterocycles. The number of rotatable bonds is 5. The lowest BCUT2D eigenvalue weighted by Gasteiger charge is -2.32. The highest BCUT2D eigenvalue weighted by molar-refractivity contribution is 9.10. The van der Waals surface area contributed by atoms with Crippen molar-refractivity contribution in [2.24, 2.45) is 0 Å². The van der Waals surface area contributed by atoms with Crippen molar-refractivity contribution < 1.29 is 28.5 Å². The highest BCUT2D eigenvalue weighted by Gasteiger charge is 2.44. The Labute approximate surface area is 182 Å². The van der Waals surface area contributed by atoms with Gasteiger partial charge in [-0.2, -0.15) is 0 Å². The highest BCUT2D eigenvalue weighted by Crippen LogP contribution is 2.47. The second-order valence-electron chi connectivity index (χ2n) is 6.85. The number of cyclic esters (lactones) is 1. The Morgan fingerprint density at radius 2 is 1.70 bits per heavy atom. The van der Waals surface area contributed by atoms with Crippen molar-refractivity contribution in [3.8, 4) is 17.2 Å². The van der Waals surface area contributed by atoms with Crippen LogP contribution < -0.4 is 19.1 Å². The van der Waals surface area contributed by atoms with Crippen molar-refractivity contribution in [1.29, 1.82) is 0 Å². The van der Waals surface area contributed by atoms with Gasteiger partial charge in [-0.15, -0.1) is 0 Å². The molecule has 2 aromatic rings. The number of hydrogen-bond acceptors (Lipinski definition) is 6. The summed E-state index contributed by atoms with van der Waals surface area (Å²) in [4.78, 5) is 27.5. The molecule has 0 aromatic heterocycles. The van der Waals surface area contributed by atoms with Crippen molar-refractivity contribution >= 4 is 33.5 Å². The molecular formula is C22H20BrNO6. The van der Waals surface area contributed by atoms with Gasteiger partial charge in [-0.05, 0) is 24.3 Å². The summed E-state index contributed by atoms with van der Waals surface area (Å²) in [6.45, 7) is 0.0402. The van der Waals surface area contributed by atoms with Crippen LogP contribution in [0, 0.1) is 0 Å². The largest absolute Gasteiger partial charge is 0.496 e. The molecule has 0 saturated heterocycles. The van der Waals surface area contributed by atoms with E-state index in [1.165, 1.54) is 21.3 Å². The topological polar surface area (TPSA) is 74.3 Å². The molecule has 8 heteroatoms. The molecule has 2 aliphatic rings. The normalized spacial score (nSPS) is 18.3. The molecule has 0 radical (unpaired) electrons. The Hall–Kier alpha value is -3.00. The van der Waals surface area contributed by atoms with Crippen LogP contribution >= 0.6 is 15.9 Å². The van der Waals surface area contributed by atoms with E-state index in [1.54, 1.807) is 17.0 Å². The van der Waals surface area contributed by atoms with Crippen LogP contribution in [0.4, 0.5) is 5.69 Å². The van der Waals surface area contributed by atoms with Crippen molar-refractivity contribution in [2.75, 3.05) is 32.8 Å². The Morgan fingerprint density at radius 1 is 1.00 bits per heavy atom. The van der Waals surface area contributed by atoms with Crippen molar-refractivity contribution in [3.05, 3.63) is 57.7 Å². The lowest BCUT2D eigenvalue weighted by molar-refractivity contribution is -0.136. The predicted molar refractivity (Wildman–Crippen MR) is 113 cm³/mol. The summed E-state index contributed by atoms with van der Waals surface area (Å²) in [6.07, 6.45) is 0.0896. The molecule has 7 nitrogen and oxygen atoms in total. The lowest BCUT2D eigenvalue weighted by Crippen LogP contribution is -2.37. The number of hydrogen-bond donors (Lipinski definition) is 0. The van der Waals surface area contributed by atoms with Crippen molar-refractivity contribution in [3.63, 3.8) is 0 Å². The first kappa shape index (κ1) is 20.3. The lowest BCUT2D eigenvalue weighted by atomic mass is 9.83. The molecule has 0 bridgehead atoms. The summed E-state index contributed by atoms with van der Waals surface area (Å²) in [5, 5.41) is 0. The number of methoxy groups -OCH3 is 3. The maximum atomic E-state index is 13.2. The third-order valence-electron chi connectivity index (χ3n) is 5.30. The van der Waals surface area contributed by atoms with Crippen LogP contribution in [0.15, 0.2) is 52.1 Å². The molecule has 0 spiro atoms. The molecule has 30 heavy (non-hydrogen) atoms. The van der Waals surface area contributed by atoms with E-state index in [9.17, 15) is 9.59 Å². The SMILES string of the molecule is COc1cc(OC)c([C@@H]2CC(=O)N(c3cccc(Br)c3)C3=C2C(=O)OC3)cc1OC. The van der Waals surface area contributed by atoms with Crippen LogP contribution in [0.1, 0.15) is 17.9 Å². The van der Waals surface area contributed by atoms with Crippen LogP contribution in [-0.4, -0.2) is 39.8 Å². The fraction of sp³-hybridized carbons (Fsp3) is 0.273. The smallest absolute Gasteiger partial charge is 0.336 e. The van der Waals surface area contributed by atoms with Gasteiger partial charge in [0.1, 0.15) is 12.4 Å². The summed E-state index contributed by atoms with van der Waals surface area (Å²) < 4.78 is 22.5. The first-order chi connectivity index (χ1) is 14.5. The molecule has 2 aromatic carbocycles. The van der Waals surface area contributed by atoms with E-state index in [0.717, 1.165) is 4.47 Å². The molecule has 4 rings (SSSR count). The quantitative estimate of drug-likeness (QED) is 0.614. The van der Waals surface area contributed by atoms with Gasteiger partial charge in [-0.25, -0.2) is 4.79 Å². The second kappa shape index (κ2) is 8.02. The van der Waals surface area contributed by atoms with Gasteiger partial charge in [0, 0.05) is 34.1 Å². The molecule has 2 aliphatic heterocycles. The summed E-state index contributed by atoms with van der Waals surface area (Å²) in [7, 11) is 4.60. The van der Waals surface area contributed by atoms with Crippen LogP contribution in [-0.2, 0) is 14.3 Å². The Bertz CT molecular complexity index is 1060. The van der Waals surface area contributed by atoms with Gasteiger partial charge in [-0.3, -0.25) is 9.69 Å². The van der Waals surface area contributed by atoms with Gasteiger partial charge < -0.3 is 18.9 Å². The highest BCUT2D eigenvalue weighted by atomic mass is 79.9. The summed E-state index contributed by atoms with van der Waals surface area (Å²) in [5.74, 6) is 0.419. The van der Waals surface area contributed by atoms with E-state index in [4.69, 9.17) is 18.9 Å². The Morgan fingerprint density at radius 3 is 2.37 bits per heavy atom. The number of carbonyl (C=O) groups excluding carboxylic acids is 2. The Kier molecular flexibility index (Phi) is 5.42. The minimum atomic E-state index is -0.513. The fourth-order valence-corrected chi connectivity index (χ4v) is 4.35. The number of anilines is 1. The van der Waals surface area contributed by atoms with Gasteiger partial charge in [0.05, 0.1) is 32.6 Å². The van der Waals surface area contributed by atoms with E-state index < -0.39 is 11.9 Å². The number of ether oxygens (including phenoxy) is 4. The van der Waals surface area contributed by atoms with Crippen molar-refractivity contribution in [2.45, 2.75) is 12.3 Å². The summed E-state index contributed by atoms with van der Waals surface area (Å²) in [6, 6.07) is 10.8. The number of nitrogens with zero attached hydrogens (tertiary/aromatic N) is 1. The summed E-state index contributed by atoms with van der Waals surface area (Å²) >= 11 is 3.44. The molecule has 156 valence electrons. The minimum absolute atomic E-state index is 0.0402. The molecule has 0 fully saturated rings. The van der Waals surface area contributed by atoms with E-state index in [2.05, 4.69) is 15.9 Å².